The van der Waals surface area contributed by atoms with Crippen LogP contribution in [0.5, 0.6) is 0 Å². The van der Waals surface area contributed by atoms with Gasteiger partial charge in [-0.25, -0.2) is 17.1 Å². The summed E-state index contributed by atoms with van der Waals surface area (Å²) >= 11 is 0. The molecule has 2 fully saturated rings. The molecule has 1 saturated heterocycles. The zero-order valence-electron chi connectivity index (χ0n) is 13.1. The molecule has 2 aliphatic rings. The summed E-state index contributed by atoms with van der Waals surface area (Å²) in [4.78, 5) is 0. The lowest BCUT2D eigenvalue weighted by Gasteiger charge is -2.31. The van der Waals surface area contributed by atoms with Crippen molar-refractivity contribution < 1.29 is 12.8 Å². The topological polar surface area (TPSA) is 49.4 Å². The summed E-state index contributed by atoms with van der Waals surface area (Å²) in [7, 11) is -3.36. The summed E-state index contributed by atoms with van der Waals surface area (Å²) in [5.74, 6) is 0.329. The summed E-state index contributed by atoms with van der Waals surface area (Å²) in [6.07, 6.45) is 4.37. The van der Waals surface area contributed by atoms with Crippen LogP contribution in [-0.4, -0.2) is 38.4 Å². The van der Waals surface area contributed by atoms with Crippen molar-refractivity contribution in [3.05, 3.63) is 35.6 Å². The molecular weight excluding hydrogens is 339 g/mol. The first-order valence-electron chi connectivity index (χ1n) is 7.98. The van der Waals surface area contributed by atoms with Crippen LogP contribution in [-0.2, 0) is 15.8 Å². The van der Waals surface area contributed by atoms with Crippen molar-refractivity contribution in [2.24, 2.45) is 5.92 Å². The lowest BCUT2D eigenvalue weighted by atomic mass is 10.1. The van der Waals surface area contributed by atoms with E-state index in [0.717, 1.165) is 25.3 Å². The van der Waals surface area contributed by atoms with E-state index in [9.17, 15) is 12.8 Å². The molecule has 7 heteroatoms. The maximum absolute atomic E-state index is 13.2. The molecule has 130 valence electrons. The van der Waals surface area contributed by atoms with Crippen LogP contribution in [0.25, 0.3) is 0 Å². The molecule has 0 amide bonds. The molecule has 1 heterocycles. The molecule has 0 atom stereocenters. The molecule has 0 spiro atoms. The van der Waals surface area contributed by atoms with E-state index in [1.165, 1.54) is 25.0 Å². The second kappa shape index (κ2) is 7.92. The Morgan fingerprint density at radius 1 is 1.17 bits per heavy atom. The number of hydrogen-bond donors (Lipinski definition) is 1. The van der Waals surface area contributed by atoms with Crippen LogP contribution in [0, 0.1) is 11.7 Å². The molecular formula is C16H24ClFN2O2S. The third-order valence-corrected chi connectivity index (χ3v) is 6.33. The Morgan fingerprint density at radius 3 is 2.48 bits per heavy atom. The second-order valence-corrected chi connectivity index (χ2v) is 8.38. The van der Waals surface area contributed by atoms with Gasteiger partial charge in [-0.3, -0.25) is 0 Å². The van der Waals surface area contributed by atoms with E-state index in [4.69, 9.17) is 0 Å². The number of rotatable bonds is 6. The largest absolute Gasteiger partial charge is 0.314 e. The van der Waals surface area contributed by atoms with Gasteiger partial charge in [0.05, 0.1) is 5.75 Å². The van der Waals surface area contributed by atoms with E-state index in [1.807, 2.05) is 0 Å². The molecule has 4 nitrogen and oxygen atoms in total. The highest BCUT2D eigenvalue weighted by Gasteiger charge is 2.29. The molecule has 1 aliphatic carbocycles. The molecule has 1 N–H and O–H groups in total. The van der Waals surface area contributed by atoms with Crippen molar-refractivity contribution in [1.29, 1.82) is 0 Å². The maximum Gasteiger partial charge on any atom is 0.218 e. The highest BCUT2D eigenvalue weighted by Crippen LogP contribution is 2.28. The molecule has 1 aromatic rings. The van der Waals surface area contributed by atoms with Gasteiger partial charge in [-0.1, -0.05) is 12.1 Å². The molecule has 0 unspecified atom stereocenters. The van der Waals surface area contributed by atoms with E-state index in [1.54, 1.807) is 16.4 Å². The number of sulfonamides is 1. The molecule has 1 saturated carbocycles. The fourth-order valence-corrected chi connectivity index (χ4v) is 4.47. The van der Waals surface area contributed by atoms with Crippen molar-refractivity contribution >= 4 is 22.4 Å². The van der Waals surface area contributed by atoms with E-state index in [2.05, 4.69) is 5.32 Å². The predicted octanol–water partition coefficient (Wildman–Crippen LogP) is 2.54. The Labute approximate surface area is 143 Å². The smallest absolute Gasteiger partial charge is 0.218 e. The molecule has 0 aromatic heterocycles. The normalized spacial score (nSPS) is 20.2. The second-order valence-electron chi connectivity index (χ2n) is 6.41. The van der Waals surface area contributed by atoms with Gasteiger partial charge in [0.25, 0.3) is 0 Å². The summed E-state index contributed by atoms with van der Waals surface area (Å²) in [6, 6.07) is 6.26. The van der Waals surface area contributed by atoms with Gasteiger partial charge in [-0.15, -0.1) is 12.4 Å². The monoisotopic (exact) mass is 362 g/mol. The van der Waals surface area contributed by atoms with Crippen molar-refractivity contribution in [1.82, 2.24) is 9.62 Å². The first-order valence-corrected chi connectivity index (χ1v) is 9.59. The highest BCUT2D eigenvalue weighted by molar-refractivity contribution is 7.88. The van der Waals surface area contributed by atoms with Crippen LogP contribution in [0.4, 0.5) is 4.39 Å². The first-order chi connectivity index (χ1) is 10.5. The molecule has 1 aromatic carbocycles. The quantitative estimate of drug-likeness (QED) is 0.846. The van der Waals surface area contributed by atoms with Crippen molar-refractivity contribution in [2.75, 3.05) is 19.6 Å². The van der Waals surface area contributed by atoms with Crippen LogP contribution in [0.2, 0.25) is 0 Å². The van der Waals surface area contributed by atoms with Gasteiger partial charge < -0.3 is 5.32 Å². The summed E-state index contributed by atoms with van der Waals surface area (Å²) in [5.41, 5.74) is 0.508. The van der Waals surface area contributed by atoms with Gasteiger partial charge >= 0.3 is 0 Å². The Hall–Kier alpha value is -0.690. The number of piperidine rings is 1. The van der Waals surface area contributed by atoms with Crippen LogP contribution >= 0.6 is 12.4 Å². The predicted molar refractivity (Wildman–Crippen MR) is 91.6 cm³/mol. The summed E-state index contributed by atoms with van der Waals surface area (Å²) in [5, 5.41) is 3.54. The minimum absolute atomic E-state index is 0. The number of nitrogens with zero attached hydrogens (tertiary/aromatic N) is 1. The van der Waals surface area contributed by atoms with Gasteiger partial charge in [0.1, 0.15) is 5.82 Å². The SMILES string of the molecule is Cl.O=S(=O)(Cc1cccc(F)c1)N1CCC(NCC2CC2)CC1. The minimum atomic E-state index is -3.36. The lowest BCUT2D eigenvalue weighted by molar-refractivity contribution is 0.287. The van der Waals surface area contributed by atoms with Crippen LogP contribution in [0.1, 0.15) is 31.2 Å². The summed E-state index contributed by atoms with van der Waals surface area (Å²) < 4.78 is 39.6. The van der Waals surface area contributed by atoms with Gasteiger partial charge in [0.15, 0.2) is 0 Å². The van der Waals surface area contributed by atoms with E-state index < -0.39 is 15.8 Å². The Bertz CT molecular complexity index is 614. The third kappa shape index (κ3) is 5.41. The van der Waals surface area contributed by atoms with Gasteiger partial charge in [0.2, 0.25) is 10.0 Å². The maximum atomic E-state index is 13.2. The van der Waals surface area contributed by atoms with E-state index in [-0.39, 0.29) is 18.2 Å². The van der Waals surface area contributed by atoms with Crippen LogP contribution < -0.4 is 5.32 Å². The van der Waals surface area contributed by atoms with Gasteiger partial charge in [0, 0.05) is 19.1 Å². The Kier molecular flexibility index (Phi) is 6.42. The molecule has 1 aliphatic heterocycles. The number of halogens is 2. The van der Waals surface area contributed by atoms with Gasteiger partial charge in [-0.05, 0) is 55.8 Å². The standard InChI is InChI=1S/C16H23FN2O2S.ClH/c17-15-3-1-2-14(10-15)12-22(20,21)19-8-6-16(7-9-19)18-11-13-4-5-13;/h1-3,10,13,16,18H,4-9,11-12H2;1H. The zero-order chi connectivity index (χ0) is 15.6. The van der Waals surface area contributed by atoms with E-state index in [0.29, 0.717) is 24.7 Å². The zero-order valence-corrected chi connectivity index (χ0v) is 14.7. The Balaban J connectivity index is 0.00000192. The minimum Gasteiger partial charge on any atom is -0.314 e. The summed E-state index contributed by atoms with van der Waals surface area (Å²) in [6.45, 7) is 2.18. The van der Waals surface area contributed by atoms with Gasteiger partial charge in [-0.2, -0.15) is 0 Å². The number of nitrogens with one attached hydrogen (secondary N) is 1. The van der Waals surface area contributed by atoms with Crippen LogP contribution in [0.3, 0.4) is 0 Å². The van der Waals surface area contributed by atoms with E-state index >= 15 is 0 Å². The number of hydrogen-bond acceptors (Lipinski definition) is 3. The Morgan fingerprint density at radius 2 is 1.87 bits per heavy atom. The van der Waals surface area contributed by atoms with Crippen molar-refractivity contribution in [2.45, 2.75) is 37.5 Å². The average molecular weight is 363 g/mol. The fourth-order valence-electron chi connectivity index (χ4n) is 2.92. The average Bonchev–Trinajstić information content (AvgIpc) is 3.29. The highest BCUT2D eigenvalue weighted by atomic mass is 35.5. The van der Waals surface area contributed by atoms with Crippen LogP contribution in [0.15, 0.2) is 24.3 Å². The molecule has 3 rings (SSSR count). The molecule has 0 bridgehead atoms. The number of benzene rings is 1. The third-order valence-electron chi connectivity index (χ3n) is 4.48. The lowest BCUT2D eigenvalue weighted by Crippen LogP contribution is -2.45. The molecule has 0 radical (unpaired) electrons. The molecule has 23 heavy (non-hydrogen) atoms. The first kappa shape index (κ1) is 18.6. The van der Waals surface area contributed by atoms with Crippen molar-refractivity contribution in [3.63, 3.8) is 0 Å². The van der Waals surface area contributed by atoms with Crippen molar-refractivity contribution in [3.8, 4) is 0 Å². The fraction of sp³-hybridized carbons (Fsp3) is 0.625.